The van der Waals surface area contributed by atoms with Crippen molar-refractivity contribution in [3.05, 3.63) is 23.8 Å². The summed E-state index contributed by atoms with van der Waals surface area (Å²) in [4.78, 5) is 15.7. The normalized spacial score (nSPS) is 11.6. The number of nitrogens with one attached hydrogen (secondary N) is 1. The lowest BCUT2D eigenvalue weighted by Gasteiger charge is -2.18. The number of fused-ring (bicyclic) bond motifs is 1. The summed E-state index contributed by atoms with van der Waals surface area (Å²) in [6.45, 7) is 7.35. The molecule has 96 valence electrons. The van der Waals surface area contributed by atoms with Gasteiger partial charge in [0.15, 0.2) is 5.58 Å². The Balaban J connectivity index is 2.15. The van der Waals surface area contributed by atoms with Crippen LogP contribution in [0.1, 0.15) is 26.3 Å². The molecule has 5 nitrogen and oxygen atoms in total. The predicted molar refractivity (Wildman–Crippen MR) is 68.6 cm³/mol. The molecule has 1 heterocycles. The first-order valence-corrected chi connectivity index (χ1v) is 5.71. The molecule has 2 rings (SSSR count). The van der Waals surface area contributed by atoms with Crippen molar-refractivity contribution in [1.29, 1.82) is 0 Å². The first-order chi connectivity index (χ1) is 8.33. The monoisotopic (exact) mass is 248 g/mol. The summed E-state index contributed by atoms with van der Waals surface area (Å²) in [5, 5.41) is 2.47. The number of carbonyl (C=O) groups excluding carboxylic acids is 1. The smallest absolute Gasteiger partial charge is 0.415 e. The van der Waals surface area contributed by atoms with Crippen molar-refractivity contribution in [2.75, 3.05) is 5.32 Å². The lowest BCUT2D eigenvalue weighted by atomic mass is 10.2. The zero-order chi connectivity index (χ0) is 13.3. The molecule has 0 bridgehead atoms. The first kappa shape index (κ1) is 12.4. The van der Waals surface area contributed by atoms with Crippen molar-refractivity contribution in [2.24, 2.45) is 0 Å². The maximum atomic E-state index is 11.5. The van der Waals surface area contributed by atoms with Gasteiger partial charge in [-0.25, -0.2) is 10.1 Å². The lowest BCUT2D eigenvalue weighted by molar-refractivity contribution is 0.0632. The molecule has 0 aliphatic carbocycles. The minimum atomic E-state index is -0.578. The van der Waals surface area contributed by atoms with Crippen LogP contribution in [0.15, 0.2) is 22.6 Å². The molecule has 18 heavy (non-hydrogen) atoms. The highest BCUT2D eigenvalue weighted by atomic mass is 16.6. The summed E-state index contributed by atoms with van der Waals surface area (Å²) in [5.74, 6) is 0. The van der Waals surface area contributed by atoms with E-state index in [0.717, 1.165) is 5.56 Å². The van der Waals surface area contributed by atoms with Gasteiger partial charge in [0.05, 0.1) is 0 Å². The van der Waals surface area contributed by atoms with E-state index in [2.05, 4.69) is 10.3 Å². The zero-order valence-electron chi connectivity index (χ0n) is 10.9. The van der Waals surface area contributed by atoms with E-state index in [0.29, 0.717) is 11.1 Å². The van der Waals surface area contributed by atoms with E-state index in [4.69, 9.17) is 9.15 Å². The van der Waals surface area contributed by atoms with Crippen LogP contribution in [-0.4, -0.2) is 16.7 Å². The maximum Gasteiger partial charge on any atom is 0.415 e. The molecule has 1 aromatic carbocycles. The Morgan fingerprint density at radius 1 is 1.39 bits per heavy atom. The fourth-order valence-electron chi connectivity index (χ4n) is 1.48. The molecule has 0 aliphatic heterocycles. The number of carbonyl (C=O) groups is 1. The van der Waals surface area contributed by atoms with Crippen LogP contribution < -0.4 is 5.32 Å². The highest BCUT2D eigenvalue weighted by Crippen LogP contribution is 2.20. The molecule has 0 aliphatic rings. The van der Waals surface area contributed by atoms with Crippen LogP contribution in [-0.2, 0) is 4.74 Å². The molecule has 1 amide bonds. The van der Waals surface area contributed by atoms with Gasteiger partial charge in [0.1, 0.15) is 11.1 Å². The number of aromatic nitrogens is 1. The Hall–Kier alpha value is -2.04. The van der Waals surface area contributed by atoms with Crippen molar-refractivity contribution < 1.29 is 13.9 Å². The average molecular weight is 248 g/mol. The number of amides is 1. The second-order valence-corrected chi connectivity index (χ2v) is 5.12. The Labute approximate surface area is 105 Å². The second-order valence-electron chi connectivity index (χ2n) is 5.12. The summed E-state index contributed by atoms with van der Waals surface area (Å²) in [6, 6.07) is 5.77. The summed E-state index contributed by atoms with van der Waals surface area (Å²) in [6.07, 6.45) is -0.578. The van der Waals surface area contributed by atoms with Gasteiger partial charge in [-0.2, -0.15) is 4.98 Å². The van der Waals surface area contributed by atoms with Crippen LogP contribution in [0.2, 0.25) is 0 Å². The lowest BCUT2D eigenvalue weighted by Crippen LogP contribution is -2.27. The molecule has 0 saturated carbocycles. The van der Waals surface area contributed by atoms with Crippen molar-refractivity contribution in [2.45, 2.75) is 33.3 Å². The summed E-state index contributed by atoms with van der Waals surface area (Å²) >= 11 is 0. The number of oxazole rings is 1. The van der Waals surface area contributed by atoms with Crippen molar-refractivity contribution in [3.63, 3.8) is 0 Å². The van der Waals surface area contributed by atoms with Crippen LogP contribution in [0.5, 0.6) is 0 Å². The van der Waals surface area contributed by atoms with Crippen LogP contribution in [0.4, 0.5) is 10.8 Å². The van der Waals surface area contributed by atoms with Crippen molar-refractivity contribution >= 4 is 23.2 Å². The molecule has 0 atom stereocenters. The van der Waals surface area contributed by atoms with Crippen molar-refractivity contribution in [1.82, 2.24) is 4.98 Å². The number of nitrogens with zero attached hydrogens (tertiary/aromatic N) is 1. The van der Waals surface area contributed by atoms with E-state index in [1.807, 2.05) is 25.1 Å². The third kappa shape index (κ3) is 3.00. The van der Waals surface area contributed by atoms with Gasteiger partial charge in [0.2, 0.25) is 0 Å². The molecule has 1 aromatic heterocycles. The predicted octanol–water partition coefficient (Wildman–Crippen LogP) is 3.48. The summed E-state index contributed by atoms with van der Waals surface area (Å²) in [5.41, 5.74) is 1.87. The molecule has 0 spiro atoms. The number of aryl methyl sites for hydroxylation is 1. The number of benzene rings is 1. The largest absolute Gasteiger partial charge is 0.443 e. The Bertz CT molecular complexity index is 581. The van der Waals surface area contributed by atoms with Gasteiger partial charge in [-0.05, 0) is 45.4 Å². The number of rotatable bonds is 1. The van der Waals surface area contributed by atoms with E-state index in [1.165, 1.54) is 0 Å². The van der Waals surface area contributed by atoms with Crippen LogP contribution >= 0.6 is 0 Å². The Kier molecular flexibility index (Phi) is 2.98. The first-order valence-electron chi connectivity index (χ1n) is 5.71. The number of anilines is 1. The van der Waals surface area contributed by atoms with Gasteiger partial charge in [-0.15, -0.1) is 0 Å². The van der Waals surface area contributed by atoms with Gasteiger partial charge >= 0.3 is 12.1 Å². The average Bonchev–Trinajstić information content (AvgIpc) is 2.55. The molecule has 0 saturated heterocycles. The van der Waals surface area contributed by atoms with E-state index in [1.54, 1.807) is 20.8 Å². The van der Waals surface area contributed by atoms with E-state index in [9.17, 15) is 4.79 Å². The fraction of sp³-hybridized carbons (Fsp3) is 0.385. The van der Waals surface area contributed by atoms with Gasteiger partial charge in [0.25, 0.3) is 0 Å². The standard InChI is InChI=1S/C13H16N2O3/c1-8-5-6-10-9(7-8)14-11(17-10)15-12(16)18-13(2,3)4/h5-7H,1-4H3,(H,14,15,16). The van der Waals surface area contributed by atoms with Gasteiger partial charge < -0.3 is 9.15 Å². The SMILES string of the molecule is Cc1ccc2oc(NC(=O)OC(C)(C)C)nc2c1. The zero-order valence-corrected chi connectivity index (χ0v) is 10.9. The third-order valence-electron chi connectivity index (χ3n) is 2.15. The molecule has 5 heteroatoms. The highest BCUT2D eigenvalue weighted by Gasteiger charge is 2.18. The summed E-state index contributed by atoms with van der Waals surface area (Å²) in [7, 11) is 0. The summed E-state index contributed by atoms with van der Waals surface area (Å²) < 4.78 is 10.5. The molecular formula is C13H16N2O3. The quantitative estimate of drug-likeness (QED) is 0.839. The second kappa shape index (κ2) is 4.33. The van der Waals surface area contributed by atoms with E-state index >= 15 is 0 Å². The van der Waals surface area contributed by atoms with Gasteiger partial charge in [-0.1, -0.05) is 6.07 Å². The number of hydrogen-bond donors (Lipinski definition) is 1. The number of ether oxygens (including phenoxy) is 1. The molecule has 1 N–H and O–H groups in total. The minimum absolute atomic E-state index is 0.143. The van der Waals surface area contributed by atoms with Gasteiger partial charge in [-0.3, -0.25) is 0 Å². The molecule has 0 fully saturated rings. The van der Waals surface area contributed by atoms with Crippen LogP contribution in [0.3, 0.4) is 0 Å². The third-order valence-corrected chi connectivity index (χ3v) is 2.15. The number of hydrogen-bond acceptors (Lipinski definition) is 4. The molecular weight excluding hydrogens is 232 g/mol. The molecule has 0 unspecified atom stereocenters. The van der Waals surface area contributed by atoms with Crippen molar-refractivity contribution in [3.8, 4) is 0 Å². The topological polar surface area (TPSA) is 64.4 Å². The Morgan fingerprint density at radius 3 is 2.78 bits per heavy atom. The highest BCUT2D eigenvalue weighted by molar-refractivity contribution is 5.84. The molecule has 2 aromatic rings. The Morgan fingerprint density at radius 2 is 2.11 bits per heavy atom. The molecule has 0 radical (unpaired) electrons. The van der Waals surface area contributed by atoms with E-state index < -0.39 is 11.7 Å². The van der Waals surface area contributed by atoms with Crippen LogP contribution in [0.25, 0.3) is 11.1 Å². The maximum absolute atomic E-state index is 11.5. The van der Waals surface area contributed by atoms with E-state index in [-0.39, 0.29) is 6.01 Å². The van der Waals surface area contributed by atoms with Crippen LogP contribution in [0, 0.1) is 6.92 Å². The van der Waals surface area contributed by atoms with Gasteiger partial charge in [0, 0.05) is 0 Å². The minimum Gasteiger partial charge on any atom is -0.443 e. The fourth-order valence-corrected chi connectivity index (χ4v) is 1.48.